The van der Waals surface area contributed by atoms with Crippen LogP contribution in [0.15, 0.2) is 36.4 Å². The lowest BCUT2D eigenvalue weighted by atomic mass is 10.1. The second-order valence-electron chi connectivity index (χ2n) is 4.43. The Bertz CT molecular complexity index is 689. The summed E-state index contributed by atoms with van der Waals surface area (Å²) in [5.74, 6) is 0.353. The molecule has 0 aliphatic carbocycles. The molecule has 0 saturated heterocycles. The third-order valence-corrected chi connectivity index (χ3v) is 3.83. The number of amides is 1. The number of halogens is 2. The van der Waals surface area contributed by atoms with Crippen molar-refractivity contribution < 1.29 is 9.53 Å². The molecule has 0 heterocycles. The lowest BCUT2D eigenvalue weighted by Crippen LogP contribution is -2.26. The van der Waals surface area contributed by atoms with E-state index in [2.05, 4.69) is 0 Å². The van der Waals surface area contributed by atoms with Crippen molar-refractivity contribution in [2.45, 2.75) is 0 Å². The molecule has 0 spiro atoms. The molecule has 0 bridgehead atoms. The van der Waals surface area contributed by atoms with Crippen LogP contribution < -0.4 is 15.4 Å². The number of hydrogen-bond donors (Lipinski definition) is 1. The van der Waals surface area contributed by atoms with Gasteiger partial charge in [-0.1, -0.05) is 29.3 Å². The zero-order chi connectivity index (χ0) is 15.6. The number of nitrogens with zero attached hydrogens (tertiary/aromatic N) is 1. The number of benzene rings is 2. The number of hydrogen-bond acceptors (Lipinski definition) is 3. The molecule has 6 heteroatoms. The van der Waals surface area contributed by atoms with Crippen molar-refractivity contribution in [3.8, 4) is 5.75 Å². The first-order valence-corrected chi connectivity index (χ1v) is 6.86. The Balaban J connectivity index is 2.39. The summed E-state index contributed by atoms with van der Waals surface area (Å²) in [5.41, 5.74) is 7.03. The number of methoxy groups -OCH3 is 1. The summed E-state index contributed by atoms with van der Waals surface area (Å²) in [4.78, 5) is 14.0. The summed E-state index contributed by atoms with van der Waals surface area (Å²) in [6, 6.07) is 10.2. The van der Waals surface area contributed by atoms with Gasteiger partial charge in [0.1, 0.15) is 5.75 Å². The minimum atomic E-state index is -0.303. The highest BCUT2D eigenvalue weighted by Crippen LogP contribution is 2.30. The quantitative estimate of drug-likeness (QED) is 0.872. The van der Waals surface area contributed by atoms with Gasteiger partial charge in [0.05, 0.1) is 22.7 Å². The van der Waals surface area contributed by atoms with Gasteiger partial charge >= 0.3 is 0 Å². The molecule has 0 aliphatic rings. The molecule has 0 unspecified atom stereocenters. The highest BCUT2D eigenvalue weighted by Gasteiger charge is 2.19. The van der Waals surface area contributed by atoms with Gasteiger partial charge in [-0.2, -0.15) is 0 Å². The normalized spacial score (nSPS) is 10.3. The first-order valence-electron chi connectivity index (χ1n) is 6.10. The highest BCUT2D eigenvalue weighted by atomic mass is 35.5. The number of anilines is 2. The fraction of sp³-hybridized carbons (Fsp3) is 0.133. The molecule has 0 aliphatic heterocycles. The summed E-state index contributed by atoms with van der Waals surface area (Å²) < 4.78 is 5.15. The fourth-order valence-electron chi connectivity index (χ4n) is 1.88. The Morgan fingerprint density at radius 1 is 1.24 bits per heavy atom. The summed E-state index contributed by atoms with van der Waals surface area (Å²) in [5, 5.41) is 0.435. The summed E-state index contributed by atoms with van der Waals surface area (Å²) in [6.07, 6.45) is 0. The Morgan fingerprint density at radius 3 is 2.62 bits per heavy atom. The smallest absolute Gasteiger partial charge is 0.259 e. The monoisotopic (exact) mass is 324 g/mol. The summed E-state index contributed by atoms with van der Waals surface area (Å²) in [7, 11) is 3.21. The van der Waals surface area contributed by atoms with E-state index in [1.165, 1.54) is 17.0 Å². The predicted octanol–water partition coefficient (Wildman–Crippen LogP) is 3.86. The van der Waals surface area contributed by atoms with Crippen LogP contribution in [0, 0.1) is 0 Å². The molecule has 0 fully saturated rings. The van der Waals surface area contributed by atoms with Crippen LogP contribution in [-0.4, -0.2) is 20.1 Å². The molecular weight excluding hydrogens is 311 g/mol. The van der Waals surface area contributed by atoms with E-state index in [1.807, 2.05) is 0 Å². The molecule has 110 valence electrons. The van der Waals surface area contributed by atoms with Gasteiger partial charge in [0.15, 0.2) is 0 Å². The molecule has 4 nitrogen and oxygen atoms in total. The molecule has 0 aromatic heterocycles. The summed E-state index contributed by atoms with van der Waals surface area (Å²) >= 11 is 12.0. The lowest BCUT2D eigenvalue weighted by Gasteiger charge is -2.19. The van der Waals surface area contributed by atoms with Gasteiger partial charge < -0.3 is 15.4 Å². The maximum absolute atomic E-state index is 12.6. The van der Waals surface area contributed by atoms with E-state index in [-0.39, 0.29) is 21.5 Å². The van der Waals surface area contributed by atoms with Crippen LogP contribution in [0.1, 0.15) is 10.4 Å². The van der Waals surface area contributed by atoms with Crippen LogP contribution in [0.4, 0.5) is 11.4 Å². The van der Waals surface area contributed by atoms with Crippen LogP contribution in [0.2, 0.25) is 10.0 Å². The number of carbonyl (C=O) groups excluding carboxylic acids is 1. The topological polar surface area (TPSA) is 55.6 Å². The number of rotatable bonds is 3. The first-order chi connectivity index (χ1) is 9.93. The van der Waals surface area contributed by atoms with Crippen LogP contribution in [0.25, 0.3) is 0 Å². The van der Waals surface area contributed by atoms with Crippen molar-refractivity contribution in [3.63, 3.8) is 0 Å². The second kappa shape index (κ2) is 6.24. The average Bonchev–Trinajstić information content (AvgIpc) is 2.49. The lowest BCUT2D eigenvalue weighted by molar-refractivity contribution is 0.0993. The standard InChI is InChI=1S/C15H14Cl2N2O2/c1-19(10-4-3-5-11(8-10)21-2)15(20)12-6-9(18)7-13(16)14(12)17/h3-8H,18H2,1-2H3. The minimum Gasteiger partial charge on any atom is -0.497 e. The van der Waals surface area contributed by atoms with Crippen LogP contribution >= 0.6 is 23.2 Å². The van der Waals surface area contributed by atoms with Gasteiger partial charge in [0.2, 0.25) is 0 Å². The van der Waals surface area contributed by atoms with E-state index in [1.54, 1.807) is 38.4 Å². The Morgan fingerprint density at radius 2 is 1.95 bits per heavy atom. The van der Waals surface area contributed by atoms with E-state index in [0.29, 0.717) is 17.1 Å². The maximum Gasteiger partial charge on any atom is 0.259 e. The molecule has 0 radical (unpaired) electrons. The fourth-order valence-corrected chi connectivity index (χ4v) is 2.30. The van der Waals surface area contributed by atoms with Crippen molar-refractivity contribution in [2.24, 2.45) is 0 Å². The van der Waals surface area contributed by atoms with Crippen molar-refractivity contribution in [3.05, 3.63) is 52.0 Å². The first kappa shape index (κ1) is 15.5. The van der Waals surface area contributed by atoms with Gasteiger partial charge in [0, 0.05) is 24.5 Å². The van der Waals surface area contributed by atoms with Gasteiger partial charge in [-0.3, -0.25) is 4.79 Å². The van der Waals surface area contributed by atoms with Crippen LogP contribution in [0.5, 0.6) is 5.75 Å². The second-order valence-corrected chi connectivity index (χ2v) is 5.22. The molecule has 0 saturated carbocycles. The molecule has 2 aromatic rings. The highest BCUT2D eigenvalue weighted by molar-refractivity contribution is 6.44. The Hall–Kier alpha value is -1.91. The molecule has 1 amide bonds. The van der Waals surface area contributed by atoms with Crippen LogP contribution in [-0.2, 0) is 0 Å². The molecular formula is C15H14Cl2N2O2. The van der Waals surface area contributed by atoms with E-state index in [4.69, 9.17) is 33.7 Å². The van der Waals surface area contributed by atoms with Gasteiger partial charge in [-0.25, -0.2) is 0 Å². The third kappa shape index (κ3) is 3.23. The largest absolute Gasteiger partial charge is 0.497 e. The van der Waals surface area contributed by atoms with Gasteiger partial charge in [-0.05, 0) is 24.3 Å². The van der Waals surface area contributed by atoms with Crippen molar-refractivity contribution in [2.75, 3.05) is 24.8 Å². The zero-order valence-electron chi connectivity index (χ0n) is 11.6. The molecule has 21 heavy (non-hydrogen) atoms. The van der Waals surface area contributed by atoms with Gasteiger partial charge in [0.25, 0.3) is 5.91 Å². The number of nitrogens with two attached hydrogens (primary N) is 1. The number of carbonyl (C=O) groups is 1. The molecule has 2 aromatic carbocycles. The Kier molecular flexibility index (Phi) is 4.60. The third-order valence-electron chi connectivity index (χ3n) is 3.03. The SMILES string of the molecule is COc1cccc(N(C)C(=O)c2cc(N)cc(Cl)c2Cl)c1. The molecule has 0 atom stereocenters. The predicted molar refractivity (Wildman–Crippen MR) is 86.6 cm³/mol. The molecule has 2 N–H and O–H groups in total. The van der Waals surface area contributed by atoms with Crippen LogP contribution in [0.3, 0.4) is 0 Å². The van der Waals surface area contributed by atoms with Gasteiger partial charge in [-0.15, -0.1) is 0 Å². The summed E-state index contributed by atoms with van der Waals surface area (Å²) in [6.45, 7) is 0. The maximum atomic E-state index is 12.6. The van der Waals surface area contributed by atoms with Crippen molar-refractivity contribution >= 4 is 40.5 Å². The minimum absolute atomic E-state index is 0.186. The number of ether oxygens (including phenoxy) is 1. The van der Waals surface area contributed by atoms with Crippen molar-refractivity contribution in [1.82, 2.24) is 0 Å². The average molecular weight is 325 g/mol. The number of nitrogen functional groups attached to an aromatic ring is 1. The zero-order valence-corrected chi connectivity index (χ0v) is 13.1. The van der Waals surface area contributed by atoms with Crippen molar-refractivity contribution in [1.29, 1.82) is 0 Å². The molecule has 2 rings (SSSR count). The Labute approximate surface area is 133 Å². The van der Waals surface area contributed by atoms with E-state index < -0.39 is 0 Å². The van der Waals surface area contributed by atoms with E-state index in [0.717, 1.165) is 0 Å². The van der Waals surface area contributed by atoms with E-state index >= 15 is 0 Å². The van der Waals surface area contributed by atoms with E-state index in [9.17, 15) is 4.79 Å².